The maximum absolute atomic E-state index is 12.1. The fourth-order valence-corrected chi connectivity index (χ4v) is 1.60. The van der Waals surface area contributed by atoms with Crippen LogP contribution in [-0.4, -0.2) is 30.0 Å². The molecule has 0 unspecified atom stereocenters. The molecular formula is C13H14N4O. The van der Waals surface area contributed by atoms with Crippen LogP contribution in [0.25, 0.3) is 0 Å². The maximum Gasteiger partial charge on any atom is 0.258 e. The van der Waals surface area contributed by atoms with Gasteiger partial charge in [0.2, 0.25) is 0 Å². The second kappa shape index (κ2) is 5.27. The molecule has 18 heavy (non-hydrogen) atoms. The number of carbonyl (C=O) groups excluding carboxylic acids is 1. The average molecular weight is 242 g/mol. The molecule has 0 aliphatic heterocycles. The zero-order chi connectivity index (χ0) is 13.0. The Labute approximate surface area is 105 Å². The smallest absolute Gasteiger partial charge is 0.258 e. The van der Waals surface area contributed by atoms with E-state index in [1.807, 2.05) is 37.2 Å². The van der Waals surface area contributed by atoms with Crippen LogP contribution in [-0.2, 0) is 0 Å². The SMILES string of the molecule is CN(C)c1ccccc1C(=O)Nc1ccncn1. The molecule has 0 fully saturated rings. The fourth-order valence-electron chi connectivity index (χ4n) is 1.60. The van der Waals surface area contributed by atoms with E-state index < -0.39 is 0 Å². The van der Waals surface area contributed by atoms with Crippen molar-refractivity contribution < 1.29 is 4.79 Å². The van der Waals surface area contributed by atoms with Crippen LogP contribution in [0.2, 0.25) is 0 Å². The van der Waals surface area contributed by atoms with Gasteiger partial charge in [0.05, 0.1) is 5.56 Å². The summed E-state index contributed by atoms with van der Waals surface area (Å²) in [7, 11) is 3.80. The normalized spacial score (nSPS) is 9.89. The van der Waals surface area contributed by atoms with Crippen molar-refractivity contribution in [1.29, 1.82) is 0 Å². The Morgan fingerprint density at radius 1 is 1.22 bits per heavy atom. The van der Waals surface area contributed by atoms with Gasteiger partial charge in [0.15, 0.2) is 0 Å². The molecule has 5 heteroatoms. The van der Waals surface area contributed by atoms with Gasteiger partial charge in [-0.3, -0.25) is 4.79 Å². The van der Waals surface area contributed by atoms with E-state index >= 15 is 0 Å². The fraction of sp³-hybridized carbons (Fsp3) is 0.154. The minimum Gasteiger partial charge on any atom is -0.377 e. The lowest BCUT2D eigenvalue weighted by Gasteiger charge is -2.16. The number of nitrogens with one attached hydrogen (secondary N) is 1. The van der Waals surface area contributed by atoms with Crippen molar-refractivity contribution in [2.75, 3.05) is 24.3 Å². The summed E-state index contributed by atoms with van der Waals surface area (Å²) < 4.78 is 0. The van der Waals surface area contributed by atoms with Crippen molar-refractivity contribution in [2.45, 2.75) is 0 Å². The van der Waals surface area contributed by atoms with Gasteiger partial charge < -0.3 is 10.2 Å². The number of nitrogens with zero attached hydrogens (tertiary/aromatic N) is 3. The predicted octanol–water partition coefficient (Wildman–Crippen LogP) is 1.79. The summed E-state index contributed by atoms with van der Waals surface area (Å²) in [6.45, 7) is 0. The van der Waals surface area contributed by atoms with Gasteiger partial charge in [0.25, 0.3) is 5.91 Å². The third-order valence-corrected chi connectivity index (χ3v) is 2.45. The van der Waals surface area contributed by atoms with Gasteiger partial charge in [-0.25, -0.2) is 9.97 Å². The highest BCUT2D eigenvalue weighted by atomic mass is 16.1. The van der Waals surface area contributed by atoms with E-state index in [1.165, 1.54) is 6.33 Å². The van der Waals surface area contributed by atoms with Crippen molar-refractivity contribution in [3.05, 3.63) is 48.4 Å². The van der Waals surface area contributed by atoms with Gasteiger partial charge >= 0.3 is 0 Å². The number of hydrogen-bond donors (Lipinski definition) is 1. The molecule has 1 heterocycles. The third-order valence-electron chi connectivity index (χ3n) is 2.45. The lowest BCUT2D eigenvalue weighted by molar-refractivity contribution is 0.102. The van der Waals surface area contributed by atoms with Crippen LogP contribution < -0.4 is 10.2 Å². The Morgan fingerprint density at radius 3 is 2.67 bits per heavy atom. The van der Waals surface area contributed by atoms with E-state index in [-0.39, 0.29) is 5.91 Å². The lowest BCUT2D eigenvalue weighted by Crippen LogP contribution is -2.18. The van der Waals surface area contributed by atoms with E-state index in [1.54, 1.807) is 18.3 Å². The lowest BCUT2D eigenvalue weighted by atomic mass is 10.1. The Kier molecular flexibility index (Phi) is 3.52. The van der Waals surface area contributed by atoms with Crippen molar-refractivity contribution in [3.63, 3.8) is 0 Å². The highest BCUT2D eigenvalue weighted by molar-refractivity contribution is 6.07. The highest BCUT2D eigenvalue weighted by Crippen LogP contribution is 2.18. The second-order valence-electron chi connectivity index (χ2n) is 3.96. The molecule has 1 N–H and O–H groups in total. The minimum atomic E-state index is -0.182. The van der Waals surface area contributed by atoms with Gasteiger partial charge in [0.1, 0.15) is 12.1 Å². The molecule has 0 aliphatic carbocycles. The number of hydrogen-bond acceptors (Lipinski definition) is 4. The zero-order valence-corrected chi connectivity index (χ0v) is 10.3. The zero-order valence-electron chi connectivity index (χ0n) is 10.3. The molecule has 0 aliphatic rings. The number of anilines is 2. The highest BCUT2D eigenvalue weighted by Gasteiger charge is 2.12. The van der Waals surface area contributed by atoms with Crippen molar-refractivity contribution in [1.82, 2.24) is 9.97 Å². The summed E-state index contributed by atoms with van der Waals surface area (Å²) in [5.74, 6) is 0.307. The molecule has 5 nitrogen and oxygen atoms in total. The van der Waals surface area contributed by atoms with Crippen LogP contribution in [0.3, 0.4) is 0 Å². The summed E-state index contributed by atoms with van der Waals surface area (Å²) in [5.41, 5.74) is 1.48. The first-order valence-corrected chi connectivity index (χ1v) is 5.52. The summed E-state index contributed by atoms with van der Waals surface area (Å²) in [5, 5.41) is 2.74. The molecule has 2 aromatic rings. The van der Waals surface area contributed by atoms with Crippen LogP contribution >= 0.6 is 0 Å². The standard InChI is InChI=1S/C13H14N4O/c1-17(2)11-6-4-3-5-10(11)13(18)16-12-7-8-14-9-15-12/h3-9H,1-2H3,(H,14,15,16,18). The van der Waals surface area contributed by atoms with E-state index in [0.717, 1.165) is 5.69 Å². The topological polar surface area (TPSA) is 58.1 Å². The van der Waals surface area contributed by atoms with Gasteiger partial charge in [-0.2, -0.15) is 0 Å². The maximum atomic E-state index is 12.1. The summed E-state index contributed by atoms with van der Waals surface area (Å²) in [6, 6.07) is 9.07. The number of carbonyl (C=O) groups is 1. The quantitative estimate of drug-likeness (QED) is 0.891. The van der Waals surface area contributed by atoms with Crippen LogP contribution in [0.15, 0.2) is 42.9 Å². The summed E-state index contributed by atoms with van der Waals surface area (Å²) in [6.07, 6.45) is 2.98. The Morgan fingerprint density at radius 2 is 2.00 bits per heavy atom. The molecule has 1 aromatic heterocycles. The Balaban J connectivity index is 2.24. The molecule has 1 aromatic carbocycles. The molecule has 0 saturated carbocycles. The van der Waals surface area contributed by atoms with Gasteiger partial charge in [-0.05, 0) is 18.2 Å². The molecule has 0 bridgehead atoms. The van der Waals surface area contributed by atoms with E-state index in [4.69, 9.17) is 0 Å². The minimum absolute atomic E-state index is 0.182. The van der Waals surface area contributed by atoms with Gasteiger partial charge in [0, 0.05) is 26.0 Å². The van der Waals surface area contributed by atoms with E-state index in [0.29, 0.717) is 11.4 Å². The van der Waals surface area contributed by atoms with Gasteiger partial charge in [-0.15, -0.1) is 0 Å². The van der Waals surface area contributed by atoms with Gasteiger partial charge in [-0.1, -0.05) is 12.1 Å². The van der Waals surface area contributed by atoms with E-state index in [2.05, 4.69) is 15.3 Å². The molecular weight excluding hydrogens is 228 g/mol. The third kappa shape index (κ3) is 2.63. The molecule has 2 rings (SSSR count). The molecule has 0 saturated heterocycles. The first-order chi connectivity index (χ1) is 8.68. The molecule has 1 amide bonds. The number of para-hydroxylation sites is 1. The summed E-state index contributed by atoms with van der Waals surface area (Å²) in [4.78, 5) is 21.8. The molecule has 92 valence electrons. The van der Waals surface area contributed by atoms with Crippen molar-refractivity contribution in [3.8, 4) is 0 Å². The van der Waals surface area contributed by atoms with Crippen LogP contribution in [0.5, 0.6) is 0 Å². The molecule has 0 radical (unpaired) electrons. The summed E-state index contributed by atoms with van der Waals surface area (Å²) >= 11 is 0. The number of rotatable bonds is 3. The Bertz CT molecular complexity index is 540. The average Bonchev–Trinajstić information content (AvgIpc) is 2.40. The predicted molar refractivity (Wildman–Crippen MR) is 70.8 cm³/mol. The second-order valence-corrected chi connectivity index (χ2v) is 3.96. The number of aromatic nitrogens is 2. The Hall–Kier alpha value is -2.43. The van der Waals surface area contributed by atoms with Crippen molar-refractivity contribution in [2.24, 2.45) is 0 Å². The van der Waals surface area contributed by atoms with Crippen LogP contribution in [0.1, 0.15) is 10.4 Å². The molecule has 0 spiro atoms. The first kappa shape index (κ1) is 12.0. The number of amides is 1. The first-order valence-electron chi connectivity index (χ1n) is 5.52. The largest absolute Gasteiger partial charge is 0.377 e. The van der Waals surface area contributed by atoms with Crippen LogP contribution in [0.4, 0.5) is 11.5 Å². The number of benzene rings is 1. The van der Waals surface area contributed by atoms with Crippen molar-refractivity contribution >= 4 is 17.4 Å². The van der Waals surface area contributed by atoms with E-state index in [9.17, 15) is 4.79 Å². The monoisotopic (exact) mass is 242 g/mol. The van der Waals surface area contributed by atoms with Crippen LogP contribution in [0, 0.1) is 0 Å². The molecule has 0 atom stereocenters.